The van der Waals surface area contributed by atoms with E-state index in [4.69, 9.17) is 14.2 Å². The molecular formula is C25H27BrNO3+. The summed E-state index contributed by atoms with van der Waals surface area (Å²) in [6.45, 7) is 5.99. The third kappa shape index (κ3) is 5.55. The molecule has 30 heavy (non-hydrogen) atoms. The first-order valence-electron chi connectivity index (χ1n) is 10.4. The van der Waals surface area contributed by atoms with Crippen LogP contribution in [0, 0.1) is 0 Å². The minimum atomic E-state index is 0.317. The maximum atomic E-state index is 5.58. The molecule has 156 valence electrons. The lowest BCUT2D eigenvalue weighted by atomic mass is 10.1. The lowest BCUT2D eigenvalue weighted by Gasteiger charge is -2.20. The molecule has 0 radical (unpaired) electrons. The molecule has 3 aromatic rings. The van der Waals surface area contributed by atoms with Gasteiger partial charge in [0.25, 0.3) is 0 Å². The van der Waals surface area contributed by atoms with E-state index in [0.717, 1.165) is 47.8 Å². The molecule has 1 unspecified atom stereocenters. The first-order valence-corrected chi connectivity index (χ1v) is 11.2. The average molecular weight is 469 g/mol. The number of benzene rings is 3. The van der Waals surface area contributed by atoms with Crippen molar-refractivity contribution < 1.29 is 19.1 Å². The normalized spacial score (nSPS) is 13.3. The van der Waals surface area contributed by atoms with Gasteiger partial charge in [-0.3, -0.25) is 0 Å². The van der Waals surface area contributed by atoms with Crippen LogP contribution in [0.25, 0.3) is 0 Å². The van der Waals surface area contributed by atoms with E-state index in [1.165, 1.54) is 21.6 Å². The fourth-order valence-corrected chi connectivity index (χ4v) is 3.97. The van der Waals surface area contributed by atoms with Gasteiger partial charge in [-0.1, -0.05) is 34.1 Å². The molecule has 0 saturated carbocycles. The number of halogens is 1. The van der Waals surface area contributed by atoms with Gasteiger partial charge < -0.3 is 19.1 Å². The van der Waals surface area contributed by atoms with Gasteiger partial charge in [0.2, 0.25) is 6.79 Å². The second-order valence-corrected chi connectivity index (χ2v) is 8.41. The Morgan fingerprint density at radius 2 is 1.47 bits per heavy atom. The number of fused-ring (bicyclic) bond motifs is 1. The molecule has 0 aliphatic carbocycles. The summed E-state index contributed by atoms with van der Waals surface area (Å²) in [5.41, 5.74) is 3.93. The van der Waals surface area contributed by atoms with E-state index in [2.05, 4.69) is 76.6 Å². The van der Waals surface area contributed by atoms with Crippen LogP contribution in [0.1, 0.15) is 23.6 Å². The van der Waals surface area contributed by atoms with Gasteiger partial charge in [-0.25, -0.2) is 0 Å². The monoisotopic (exact) mass is 468 g/mol. The van der Waals surface area contributed by atoms with Crippen molar-refractivity contribution in [2.45, 2.75) is 26.4 Å². The average Bonchev–Trinajstić information content (AvgIpc) is 3.23. The van der Waals surface area contributed by atoms with Gasteiger partial charge >= 0.3 is 0 Å². The number of hydrogen-bond donors (Lipinski definition) is 1. The molecule has 0 bridgehead atoms. The Labute approximate surface area is 186 Å². The van der Waals surface area contributed by atoms with Crippen LogP contribution in [0.4, 0.5) is 0 Å². The standard InChI is InChI=1S/C25H26BrNO3/c1-2-28-23-10-5-21(6-11-23)17-27(16-20-3-8-22(26)9-4-20)14-13-19-7-12-24-25(15-19)30-18-29-24/h3-12,15H,2,13-14,16-18H2,1H3/p+1. The number of quaternary nitrogens is 1. The van der Waals surface area contributed by atoms with Crippen LogP contribution in [-0.4, -0.2) is 19.9 Å². The van der Waals surface area contributed by atoms with Crippen molar-refractivity contribution in [3.63, 3.8) is 0 Å². The molecule has 4 rings (SSSR count). The molecule has 1 atom stereocenters. The van der Waals surface area contributed by atoms with E-state index in [9.17, 15) is 0 Å². The summed E-state index contributed by atoms with van der Waals surface area (Å²) in [6.07, 6.45) is 0.986. The summed E-state index contributed by atoms with van der Waals surface area (Å²) in [6, 6.07) is 23.4. The lowest BCUT2D eigenvalue weighted by Crippen LogP contribution is -3.09. The van der Waals surface area contributed by atoms with Gasteiger partial charge in [-0.05, 0) is 61.0 Å². The molecule has 1 heterocycles. The van der Waals surface area contributed by atoms with Crippen molar-refractivity contribution >= 4 is 15.9 Å². The van der Waals surface area contributed by atoms with Crippen LogP contribution in [0.15, 0.2) is 71.2 Å². The van der Waals surface area contributed by atoms with Gasteiger partial charge in [0, 0.05) is 22.0 Å². The van der Waals surface area contributed by atoms with Crippen molar-refractivity contribution in [2.75, 3.05) is 19.9 Å². The van der Waals surface area contributed by atoms with E-state index in [0.29, 0.717) is 13.4 Å². The molecule has 0 fully saturated rings. The van der Waals surface area contributed by atoms with Gasteiger partial charge in [0.1, 0.15) is 18.8 Å². The topological polar surface area (TPSA) is 32.1 Å². The third-order valence-corrected chi connectivity index (χ3v) is 5.79. The summed E-state index contributed by atoms with van der Waals surface area (Å²) >= 11 is 3.53. The molecule has 0 aromatic heterocycles. The summed E-state index contributed by atoms with van der Waals surface area (Å²) < 4.78 is 17.7. The van der Waals surface area contributed by atoms with E-state index in [-0.39, 0.29) is 0 Å². The van der Waals surface area contributed by atoms with Crippen molar-refractivity contribution in [1.82, 2.24) is 0 Å². The zero-order valence-corrected chi connectivity index (χ0v) is 18.8. The summed E-state index contributed by atoms with van der Waals surface area (Å²) in [5.74, 6) is 2.62. The largest absolute Gasteiger partial charge is 0.494 e. The van der Waals surface area contributed by atoms with Crippen molar-refractivity contribution in [3.8, 4) is 17.2 Å². The highest BCUT2D eigenvalue weighted by Gasteiger charge is 2.16. The summed E-state index contributed by atoms with van der Waals surface area (Å²) in [7, 11) is 0. The van der Waals surface area contributed by atoms with E-state index >= 15 is 0 Å². The van der Waals surface area contributed by atoms with E-state index in [1.54, 1.807) is 0 Å². The molecule has 0 saturated heterocycles. The lowest BCUT2D eigenvalue weighted by molar-refractivity contribution is -0.927. The summed E-state index contributed by atoms with van der Waals surface area (Å²) in [4.78, 5) is 1.51. The second-order valence-electron chi connectivity index (χ2n) is 7.49. The van der Waals surface area contributed by atoms with Crippen LogP contribution >= 0.6 is 15.9 Å². The first kappa shape index (κ1) is 20.8. The maximum absolute atomic E-state index is 5.58. The molecular weight excluding hydrogens is 442 g/mol. The molecule has 1 aliphatic heterocycles. The Kier molecular flexibility index (Phi) is 6.92. The van der Waals surface area contributed by atoms with Crippen LogP contribution in [0.5, 0.6) is 17.2 Å². The third-order valence-electron chi connectivity index (χ3n) is 5.26. The number of nitrogens with one attached hydrogen (secondary N) is 1. The van der Waals surface area contributed by atoms with Gasteiger partial charge in [-0.15, -0.1) is 0 Å². The summed E-state index contributed by atoms with van der Waals surface area (Å²) in [5, 5.41) is 0. The van der Waals surface area contributed by atoms with E-state index in [1.807, 2.05) is 13.0 Å². The quantitative estimate of drug-likeness (QED) is 0.504. The predicted octanol–water partition coefficient (Wildman–Crippen LogP) is 4.40. The van der Waals surface area contributed by atoms with Crippen LogP contribution in [-0.2, 0) is 19.5 Å². The first-order chi connectivity index (χ1) is 14.7. The van der Waals surface area contributed by atoms with Gasteiger partial charge in [-0.2, -0.15) is 0 Å². The SMILES string of the molecule is CCOc1ccc(C[NH+](CCc2ccc3c(c2)OCO3)Cc2ccc(Br)cc2)cc1. The van der Waals surface area contributed by atoms with Crippen LogP contribution < -0.4 is 19.1 Å². The highest BCUT2D eigenvalue weighted by molar-refractivity contribution is 9.10. The fourth-order valence-electron chi connectivity index (χ4n) is 3.71. The minimum absolute atomic E-state index is 0.317. The number of hydrogen-bond acceptors (Lipinski definition) is 3. The highest BCUT2D eigenvalue weighted by atomic mass is 79.9. The zero-order chi connectivity index (χ0) is 20.8. The Morgan fingerprint density at radius 1 is 0.833 bits per heavy atom. The van der Waals surface area contributed by atoms with E-state index < -0.39 is 0 Å². The molecule has 4 nitrogen and oxygen atoms in total. The smallest absolute Gasteiger partial charge is 0.231 e. The molecule has 0 amide bonds. The van der Waals surface area contributed by atoms with Crippen molar-refractivity contribution in [3.05, 3.63) is 87.9 Å². The highest BCUT2D eigenvalue weighted by Crippen LogP contribution is 2.32. The molecule has 3 aromatic carbocycles. The fraction of sp³-hybridized carbons (Fsp3) is 0.280. The Morgan fingerprint density at radius 3 is 2.17 bits per heavy atom. The van der Waals surface area contributed by atoms with Crippen LogP contribution in [0.3, 0.4) is 0 Å². The number of ether oxygens (including phenoxy) is 3. The number of rotatable bonds is 9. The van der Waals surface area contributed by atoms with Crippen molar-refractivity contribution in [1.29, 1.82) is 0 Å². The maximum Gasteiger partial charge on any atom is 0.231 e. The van der Waals surface area contributed by atoms with Gasteiger partial charge in [0.05, 0.1) is 13.2 Å². The predicted molar refractivity (Wildman–Crippen MR) is 121 cm³/mol. The Bertz CT molecular complexity index is 957. The Balaban J connectivity index is 1.45. The molecule has 0 spiro atoms. The van der Waals surface area contributed by atoms with Crippen molar-refractivity contribution in [2.24, 2.45) is 0 Å². The van der Waals surface area contributed by atoms with Crippen LogP contribution in [0.2, 0.25) is 0 Å². The molecule has 1 N–H and O–H groups in total. The molecule has 1 aliphatic rings. The zero-order valence-electron chi connectivity index (χ0n) is 17.2. The second kappa shape index (κ2) is 10.0. The minimum Gasteiger partial charge on any atom is -0.494 e. The Hall–Kier alpha value is -2.50. The molecule has 5 heteroatoms. The van der Waals surface area contributed by atoms with Gasteiger partial charge in [0.15, 0.2) is 11.5 Å².